The van der Waals surface area contributed by atoms with Gasteiger partial charge in [-0.1, -0.05) is 17.4 Å². The molecule has 8 heteroatoms. The molecule has 3 aromatic heterocycles. The molecule has 0 aliphatic carbocycles. The summed E-state index contributed by atoms with van der Waals surface area (Å²) >= 11 is 1.61. The average molecular weight is 407 g/mol. The molecule has 4 aromatic rings. The summed E-state index contributed by atoms with van der Waals surface area (Å²) < 4.78 is 12.5. The molecule has 0 saturated carbocycles. The number of ether oxygens (including phenoxy) is 2. The smallest absolute Gasteiger partial charge is 0.189 e. The molecule has 1 aliphatic heterocycles. The molecule has 5 rings (SSSR count). The number of nitrogens with zero attached hydrogens (tertiary/aromatic N) is 3. The molecule has 148 valence electrons. The molecule has 0 amide bonds. The summed E-state index contributed by atoms with van der Waals surface area (Å²) in [5.41, 5.74) is 4.24. The van der Waals surface area contributed by atoms with E-state index in [1.165, 1.54) is 0 Å². The average Bonchev–Trinajstić information content (AvgIpc) is 3.42. The second kappa shape index (κ2) is 8.28. The van der Waals surface area contributed by atoms with Gasteiger partial charge >= 0.3 is 0 Å². The van der Waals surface area contributed by atoms with Crippen molar-refractivity contribution in [2.75, 3.05) is 18.5 Å². The summed E-state index contributed by atoms with van der Waals surface area (Å²) in [5.74, 6) is 0.771. The van der Waals surface area contributed by atoms with Crippen LogP contribution in [0.15, 0.2) is 48.9 Å². The summed E-state index contributed by atoms with van der Waals surface area (Å²) in [4.78, 5) is 9.10. The van der Waals surface area contributed by atoms with E-state index in [1.807, 2.05) is 30.6 Å². The minimum atomic E-state index is 0.280. The highest BCUT2D eigenvalue weighted by Crippen LogP contribution is 2.31. The standard InChI is InChI=1S/C21H21N5O2S/c1-2-18-19(10-15(1)16-11-23-24-12-16)29-21(25-18)26-20-9-14(3-6-22-20)13-28-17-4-7-27-8-5-17/h1-3,6,9-12,17H,4-5,7-8,13H2,(H,23,24)(H,22,25,26). The first-order valence-electron chi connectivity index (χ1n) is 9.64. The van der Waals surface area contributed by atoms with Crippen LogP contribution in [-0.2, 0) is 16.1 Å². The van der Waals surface area contributed by atoms with Crippen LogP contribution in [0.5, 0.6) is 0 Å². The van der Waals surface area contributed by atoms with Crippen molar-refractivity contribution >= 4 is 32.5 Å². The van der Waals surface area contributed by atoms with Crippen molar-refractivity contribution in [2.24, 2.45) is 0 Å². The zero-order chi connectivity index (χ0) is 19.5. The second-order valence-corrected chi connectivity index (χ2v) is 8.02. The molecule has 1 saturated heterocycles. The van der Waals surface area contributed by atoms with E-state index in [0.717, 1.165) is 63.9 Å². The van der Waals surface area contributed by atoms with Crippen LogP contribution in [0, 0.1) is 0 Å². The number of aromatic amines is 1. The molecule has 1 fully saturated rings. The Morgan fingerprint density at radius 1 is 1.17 bits per heavy atom. The Hall–Kier alpha value is -2.81. The van der Waals surface area contributed by atoms with Crippen LogP contribution in [-0.4, -0.2) is 39.5 Å². The number of fused-ring (bicyclic) bond motifs is 1. The van der Waals surface area contributed by atoms with Gasteiger partial charge < -0.3 is 14.8 Å². The summed E-state index contributed by atoms with van der Waals surface area (Å²) in [6.45, 7) is 2.15. The number of aromatic nitrogens is 4. The van der Waals surface area contributed by atoms with Gasteiger partial charge in [0.25, 0.3) is 0 Å². The van der Waals surface area contributed by atoms with Gasteiger partial charge in [0.2, 0.25) is 0 Å². The van der Waals surface area contributed by atoms with Gasteiger partial charge in [-0.25, -0.2) is 9.97 Å². The summed E-state index contributed by atoms with van der Waals surface area (Å²) in [6.07, 6.45) is 7.71. The zero-order valence-corrected chi connectivity index (χ0v) is 16.6. The lowest BCUT2D eigenvalue weighted by Crippen LogP contribution is -2.23. The normalized spacial score (nSPS) is 15.0. The first kappa shape index (κ1) is 18.2. The van der Waals surface area contributed by atoms with Crippen LogP contribution in [0.2, 0.25) is 0 Å². The molecule has 0 spiro atoms. The van der Waals surface area contributed by atoms with Gasteiger partial charge in [0.1, 0.15) is 5.82 Å². The monoisotopic (exact) mass is 407 g/mol. The first-order valence-corrected chi connectivity index (χ1v) is 10.5. The van der Waals surface area contributed by atoms with Gasteiger partial charge in [0, 0.05) is 31.2 Å². The molecule has 29 heavy (non-hydrogen) atoms. The quantitative estimate of drug-likeness (QED) is 0.489. The van der Waals surface area contributed by atoms with Crippen molar-refractivity contribution in [2.45, 2.75) is 25.6 Å². The minimum absolute atomic E-state index is 0.280. The Morgan fingerprint density at radius 2 is 2.10 bits per heavy atom. The van der Waals surface area contributed by atoms with Crippen LogP contribution >= 0.6 is 11.3 Å². The number of hydrogen-bond acceptors (Lipinski definition) is 7. The van der Waals surface area contributed by atoms with Gasteiger partial charge in [-0.05, 0) is 48.2 Å². The van der Waals surface area contributed by atoms with Crippen LogP contribution < -0.4 is 5.32 Å². The molecule has 0 radical (unpaired) electrons. The van der Waals surface area contributed by atoms with E-state index in [2.05, 4.69) is 37.6 Å². The van der Waals surface area contributed by atoms with E-state index in [1.54, 1.807) is 17.5 Å². The van der Waals surface area contributed by atoms with E-state index in [0.29, 0.717) is 6.61 Å². The van der Waals surface area contributed by atoms with Gasteiger partial charge in [0.15, 0.2) is 5.13 Å². The molecule has 7 nitrogen and oxygen atoms in total. The molecular weight excluding hydrogens is 386 g/mol. The lowest BCUT2D eigenvalue weighted by atomic mass is 10.1. The van der Waals surface area contributed by atoms with Crippen molar-refractivity contribution < 1.29 is 9.47 Å². The van der Waals surface area contributed by atoms with Crippen molar-refractivity contribution in [1.82, 2.24) is 20.2 Å². The first-order chi connectivity index (χ1) is 14.3. The Morgan fingerprint density at radius 3 is 2.97 bits per heavy atom. The Kier molecular flexibility index (Phi) is 5.21. The van der Waals surface area contributed by atoms with Gasteiger partial charge in [-0.3, -0.25) is 5.10 Å². The second-order valence-electron chi connectivity index (χ2n) is 6.99. The molecular formula is C21H21N5O2S. The van der Waals surface area contributed by atoms with Crippen LogP contribution in [0.4, 0.5) is 10.9 Å². The van der Waals surface area contributed by atoms with Crippen molar-refractivity contribution in [3.63, 3.8) is 0 Å². The fraction of sp³-hybridized carbons (Fsp3) is 0.286. The van der Waals surface area contributed by atoms with E-state index < -0.39 is 0 Å². The van der Waals surface area contributed by atoms with Crippen molar-refractivity contribution in [3.8, 4) is 11.1 Å². The predicted molar refractivity (Wildman–Crippen MR) is 113 cm³/mol. The van der Waals surface area contributed by atoms with Crippen LogP contribution in [0.25, 0.3) is 21.3 Å². The Balaban J connectivity index is 1.29. The third-order valence-corrected chi connectivity index (χ3v) is 5.87. The Bertz CT molecular complexity index is 1090. The summed E-state index contributed by atoms with van der Waals surface area (Å²) in [5, 5.41) is 11.0. The Labute approximate surface area is 172 Å². The van der Waals surface area contributed by atoms with Gasteiger partial charge in [-0.2, -0.15) is 5.10 Å². The molecule has 0 unspecified atom stereocenters. The van der Waals surface area contributed by atoms with Crippen molar-refractivity contribution in [3.05, 3.63) is 54.5 Å². The van der Waals surface area contributed by atoms with E-state index in [9.17, 15) is 0 Å². The lowest BCUT2D eigenvalue weighted by Gasteiger charge is -2.22. The van der Waals surface area contributed by atoms with Crippen LogP contribution in [0.1, 0.15) is 18.4 Å². The number of benzene rings is 1. The van der Waals surface area contributed by atoms with Crippen LogP contribution in [0.3, 0.4) is 0 Å². The van der Waals surface area contributed by atoms with Crippen molar-refractivity contribution in [1.29, 1.82) is 0 Å². The highest BCUT2D eigenvalue weighted by molar-refractivity contribution is 7.22. The lowest BCUT2D eigenvalue weighted by molar-refractivity contribution is -0.0390. The van der Waals surface area contributed by atoms with E-state index in [4.69, 9.17) is 9.47 Å². The number of hydrogen-bond donors (Lipinski definition) is 2. The third-order valence-electron chi connectivity index (χ3n) is 4.93. The molecule has 2 N–H and O–H groups in total. The highest BCUT2D eigenvalue weighted by atomic mass is 32.1. The molecule has 1 aliphatic rings. The summed E-state index contributed by atoms with van der Waals surface area (Å²) in [6, 6.07) is 10.2. The zero-order valence-electron chi connectivity index (χ0n) is 15.8. The van der Waals surface area contributed by atoms with Gasteiger partial charge in [-0.15, -0.1) is 0 Å². The molecule has 0 atom stereocenters. The number of rotatable bonds is 6. The largest absolute Gasteiger partial charge is 0.381 e. The number of nitrogens with one attached hydrogen (secondary N) is 2. The molecule has 4 heterocycles. The maximum Gasteiger partial charge on any atom is 0.189 e. The van der Waals surface area contributed by atoms with E-state index >= 15 is 0 Å². The fourth-order valence-electron chi connectivity index (χ4n) is 3.37. The number of anilines is 2. The third kappa shape index (κ3) is 4.29. The maximum atomic E-state index is 6.01. The minimum Gasteiger partial charge on any atom is -0.381 e. The molecule has 1 aromatic carbocycles. The SMILES string of the molecule is c1cc(COC2CCOCC2)cc(Nc2nc3ccc(-c4cn[nH]c4)cc3s2)n1. The fourth-order valence-corrected chi connectivity index (χ4v) is 4.28. The molecule has 0 bridgehead atoms. The number of thiazole rings is 1. The maximum absolute atomic E-state index is 6.01. The highest BCUT2D eigenvalue weighted by Gasteiger charge is 2.14. The topological polar surface area (TPSA) is 85.0 Å². The summed E-state index contributed by atoms with van der Waals surface area (Å²) in [7, 11) is 0. The number of pyridine rings is 1. The predicted octanol–water partition coefficient (Wildman–Crippen LogP) is 4.52. The van der Waals surface area contributed by atoms with Gasteiger partial charge in [0.05, 0.1) is 29.1 Å². The number of H-pyrrole nitrogens is 1. The van der Waals surface area contributed by atoms with E-state index in [-0.39, 0.29) is 6.10 Å².